The maximum Gasteiger partial charge on any atom is 0.348 e. The van der Waals surface area contributed by atoms with Crippen molar-refractivity contribution in [3.8, 4) is 0 Å². The summed E-state index contributed by atoms with van der Waals surface area (Å²) in [6, 6.07) is 12.4. The molecule has 0 aliphatic heterocycles. The second kappa shape index (κ2) is 16.4. The molecule has 32 heavy (non-hydrogen) atoms. The minimum atomic E-state index is -0.234. The lowest BCUT2D eigenvalue weighted by Gasteiger charge is -2.09. The van der Waals surface area contributed by atoms with Gasteiger partial charge in [0.1, 0.15) is 4.88 Å². The van der Waals surface area contributed by atoms with Crippen molar-refractivity contribution in [2.24, 2.45) is 0 Å². The van der Waals surface area contributed by atoms with Crippen molar-refractivity contribution in [3.63, 3.8) is 0 Å². The molecule has 0 unspecified atom stereocenters. The average molecular weight is 457 g/mol. The summed E-state index contributed by atoms with van der Waals surface area (Å²) in [5, 5.41) is 0. The first-order chi connectivity index (χ1) is 15.6. The molecule has 1 aliphatic rings. The van der Waals surface area contributed by atoms with E-state index in [9.17, 15) is 9.59 Å². The fourth-order valence-electron chi connectivity index (χ4n) is 3.49. The Morgan fingerprint density at radius 3 is 2.25 bits per heavy atom. The maximum absolute atomic E-state index is 11.6. The molecule has 0 saturated carbocycles. The third-order valence-corrected chi connectivity index (χ3v) is 6.37. The SMILES string of the molecule is CC.CCCCCCc1ccc([C@@H]2CC=CC2=O)cc1.CCCc1ccc(C(=O)OC)s1. The van der Waals surface area contributed by atoms with Gasteiger partial charge in [0.05, 0.1) is 13.0 Å². The first-order valence-electron chi connectivity index (χ1n) is 12.0. The number of methoxy groups -OCH3 is 1. The quantitative estimate of drug-likeness (QED) is 0.284. The number of carbonyl (C=O) groups is 2. The van der Waals surface area contributed by atoms with Gasteiger partial charge in [-0.3, -0.25) is 4.79 Å². The highest BCUT2D eigenvalue weighted by atomic mass is 32.1. The number of rotatable bonds is 9. The van der Waals surface area contributed by atoms with Gasteiger partial charge in [0.2, 0.25) is 0 Å². The van der Waals surface area contributed by atoms with Gasteiger partial charge in [0, 0.05) is 4.88 Å². The molecule has 0 N–H and O–H groups in total. The number of allylic oxidation sites excluding steroid dienone is 2. The zero-order valence-electron chi connectivity index (χ0n) is 20.5. The predicted octanol–water partition coefficient (Wildman–Crippen LogP) is 7.94. The molecule has 176 valence electrons. The number of benzene rings is 1. The third kappa shape index (κ3) is 9.52. The third-order valence-electron chi connectivity index (χ3n) is 5.24. The number of ether oxygens (including phenoxy) is 1. The van der Waals surface area contributed by atoms with Crippen molar-refractivity contribution in [3.05, 3.63) is 69.4 Å². The summed E-state index contributed by atoms with van der Waals surface area (Å²) in [6.45, 7) is 8.36. The number of ketones is 1. The molecule has 4 heteroatoms. The van der Waals surface area contributed by atoms with Gasteiger partial charge >= 0.3 is 5.97 Å². The van der Waals surface area contributed by atoms with E-state index in [-0.39, 0.29) is 17.7 Å². The van der Waals surface area contributed by atoms with Crippen LogP contribution in [0.5, 0.6) is 0 Å². The van der Waals surface area contributed by atoms with Gasteiger partial charge in [-0.1, -0.05) is 83.7 Å². The van der Waals surface area contributed by atoms with E-state index >= 15 is 0 Å². The number of hydrogen-bond acceptors (Lipinski definition) is 4. The summed E-state index contributed by atoms with van der Waals surface area (Å²) in [5.74, 6) is 0.104. The highest BCUT2D eigenvalue weighted by molar-refractivity contribution is 7.13. The standard InChI is InChI=1S/C17H22O.C9H12O2S.C2H6/c1-2-3-4-5-7-14-10-12-15(13-11-14)16-8-6-9-17(16)18;1-3-4-7-5-6-8(12-7)9(10)11-2;1-2/h6,9-13,16H,2-5,7-8H2,1H3;5-6H,3-4H2,1-2H3;1-2H3/t16-;;/m0../s1. The van der Waals surface area contributed by atoms with Crippen LogP contribution in [0.25, 0.3) is 0 Å². The van der Waals surface area contributed by atoms with E-state index < -0.39 is 0 Å². The van der Waals surface area contributed by atoms with Gasteiger partial charge in [0.15, 0.2) is 5.78 Å². The van der Waals surface area contributed by atoms with Crippen LogP contribution < -0.4 is 0 Å². The molecule has 3 rings (SSSR count). The van der Waals surface area contributed by atoms with Gasteiger partial charge in [-0.15, -0.1) is 11.3 Å². The van der Waals surface area contributed by atoms with E-state index in [0.29, 0.717) is 4.88 Å². The molecule has 1 heterocycles. The summed E-state index contributed by atoms with van der Waals surface area (Å²) in [4.78, 5) is 24.6. The fourth-order valence-corrected chi connectivity index (χ4v) is 4.52. The molecule has 2 aromatic rings. The Labute approximate surface area is 198 Å². The van der Waals surface area contributed by atoms with E-state index in [2.05, 4.69) is 42.8 Å². The van der Waals surface area contributed by atoms with Crippen LogP contribution in [-0.2, 0) is 22.4 Å². The molecule has 3 nitrogen and oxygen atoms in total. The maximum atomic E-state index is 11.6. The van der Waals surface area contributed by atoms with Crippen LogP contribution in [0, 0.1) is 0 Å². The summed E-state index contributed by atoms with van der Waals surface area (Å²) in [7, 11) is 1.40. The summed E-state index contributed by atoms with van der Waals surface area (Å²) >= 11 is 1.52. The van der Waals surface area contributed by atoms with E-state index in [0.717, 1.165) is 25.7 Å². The molecular formula is C28H40O3S. The molecule has 0 bridgehead atoms. The van der Waals surface area contributed by atoms with Crippen molar-refractivity contribution in [2.75, 3.05) is 7.11 Å². The Kier molecular flexibility index (Phi) is 14.3. The predicted molar refractivity (Wildman–Crippen MR) is 137 cm³/mol. The van der Waals surface area contributed by atoms with Crippen LogP contribution in [0.4, 0.5) is 0 Å². The number of carbonyl (C=O) groups excluding carboxylic acids is 2. The minimum absolute atomic E-state index is 0.0825. The zero-order valence-corrected chi connectivity index (χ0v) is 21.3. The molecule has 0 spiro atoms. The molecule has 0 amide bonds. The van der Waals surface area contributed by atoms with Crippen molar-refractivity contribution in [1.29, 1.82) is 0 Å². The van der Waals surface area contributed by atoms with Gasteiger partial charge in [0.25, 0.3) is 0 Å². The second-order valence-electron chi connectivity index (χ2n) is 7.65. The lowest BCUT2D eigenvalue weighted by Crippen LogP contribution is -2.04. The Balaban J connectivity index is 0.000000318. The molecule has 1 aromatic heterocycles. The highest BCUT2D eigenvalue weighted by Gasteiger charge is 2.21. The molecule has 0 radical (unpaired) electrons. The number of thiophene rings is 1. The second-order valence-corrected chi connectivity index (χ2v) is 8.82. The van der Waals surface area contributed by atoms with Crippen molar-refractivity contribution in [2.45, 2.75) is 85.0 Å². The largest absolute Gasteiger partial charge is 0.465 e. The molecule has 1 aliphatic carbocycles. The van der Waals surface area contributed by atoms with Crippen LogP contribution in [-0.4, -0.2) is 18.9 Å². The van der Waals surface area contributed by atoms with Gasteiger partial charge < -0.3 is 4.74 Å². The number of hydrogen-bond donors (Lipinski definition) is 0. The van der Waals surface area contributed by atoms with Crippen LogP contribution in [0.3, 0.4) is 0 Å². The topological polar surface area (TPSA) is 43.4 Å². The number of esters is 1. The summed E-state index contributed by atoms with van der Waals surface area (Å²) in [6.07, 6.45) is 13.1. The van der Waals surface area contributed by atoms with Crippen LogP contribution >= 0.6 is 11.3 Å². The summed E-state index contributed by atoms with van der Waals surface area (Å²) < 4.78 is 4.60. The monoisotopic (exact) mass is 456 g/mol. The molecule has 0 fully saturated rings. The molecule has 0 saturated heterocycles. The number of aryl methyl sites for hydroxylation is 2. The lowest BCUT2D eigenvalue weighted by molar-refractivity contribution is -0.115. The Hall–Kier alpha value is -2.20. The van der Waals surface area contributed by atoms with E-state index in [1.54, 1.807) is 6.08 Å². The zero-order chi connectivity index (χ0) is 23.8. The van der Waals surface area contributed by atoms with Crippen molar-refractivity contribution >= 4 is 23.1 Å². The highest BCUT2D eigenvalue weighted by Crippen LogP contribution is 2.26. The van der Waals surface area contributed by atoms with E-state index in [1.807, 2.05) is 32.1 Å². The van der Waals surface area contributed by atoms with Gasteiger partial charge in [-0.25, -0.2) is 4.79 Å². The van der Waals surface area contributed by atoms with E-state index in [4.69, 9.17) is 0 Å². The first kappa shape index (κ1) is 27.8. The van der Waals surface area contributed by atoms with Crippen LogP contribution in [0.1, 0.15) is 97.8 Å². The summed E-state index contributed by atoms with van der Waals surface area (Å²) in [5.41, 5.74) is 2.57. The van der Waals surface area contributed by atoms with Crippen LogP contribution in [0.2, 0.25) is 0 Å². The van der Waals surface area contributed by atoms with Gasteiger partial charge in [-0.2, -0.15) is 0 Å². The van der Waals surface area contributed by atoms with Crippen LogP contribution in [0.15, 0.2) is 48.6 Å². The van der Waals surface area contributed by atoms with Crippen molar-refractivity contribution in [1.82, 2.24) is 0 Å². The Bertz CT molecular complexity index is 817. The lowest BCUT2D eigenvalue weighted by atomic mass is 9.94. The average Bonchev–Trinajstić information content (AvgIpc) is 3.48. The van der Waals surface area contributed by atoms with Gasteiger partial charge in [-0.05, 0) is 55.0 Å². The normalized spacial score (nSPS) is 14.3. The molecule has 1 atom stereocenters. The van der Waals surface area contributed by atoms with Crippen molar-refractivity contribution < 1.29 is 14.3 Å². The molecular weight excluding hydrogens is 416 g/mol. The smallest absolute Gasteiger partial charge is 0.348 e. The fraction of sp³-hybridized carbons (Fsp3) is 0.500. The number of unbranched alkanes of at least 4 members (excludes halogenated alkanes) is 3. The Morgan fingerprint density at radius 2 is 1.69 bits per heavy atom. The Morgan fingerprint density at radius 1 is 0.969 bits per heavy atom. The van der Waals surface area contributed by atoms with E-state index in [1.165, 1.54) is 60.1 Å². The molecule has 1 aromatic carbocycles. The first-order valence-corrected chi connectivity index (χ1v) is 12.9. The minimum Gasteiger partial charge on any atom is -0.465 e.